The molecule has 2 aromatic rings. The number of hydrogen-bond donors (Lipinski definition) is 1. The fraction of sp³-hybridized carbons (Fsp3) is 0.429. The first-order chi connectivity index (χ1) is 13.1. The molecule has 1 fully saturated rings. The Bertz CT molecular complexity index is 747. The maximum atomic E-state index is 5.76. The first kappa shape index (κ1) is 19.7. The quantitative estimate of drug-likeness (QED) is 0.771. The van der Waals surface area contributed by atoms with Crippen molar-refractivity contribution >= 4 is 23.0 Å². The highest BCUT2D eigenvalue weighted by atomic mass is 32.1. The van der Waals surface area contributed by atoms with Gasteiger partial charge in [0.2, 0.25) is 0 Å². The highest BCUT2D eigenvalue weighted by Gasteiger charge is 2.15. The predicted molar refractivity (Wildman–Crippen MR) is 114 cm³/mol. The summed E-state index contributed by atoms with van der Waals surface area (Å²) in [7, 11) is 0. The molecule has 1 aromatic carbocycles. The number of morpholine rings is 1. The van der Waals surface area contributed by atoms with Gasteiger partial charge in [0, 0.05) is 50.8 Å². The Labute approximate surface area is 167 Å². The summed E-state index contributed by atoms with van der Waals surface area (Å²) >= 11 is 5.76. The number of aromatic nitrogens is 1. The van der Waals surface area contributed by atoms with Crippen molar-refractivity contribution in [2.45, 2.75) is 20.4 Å². The summed E-state index contributed by atoms with van der Waals surface area (Å²) in [6.45, 7) is 10.5. The van der Waals surface area contributed by atoms with Gasteiger partial charge in [0.15, 0.2) is 5.11 Å². The molecule has 1 aromatic heterocycles. The van der Waals surface area contributed by atoms with E-state index < -0.39 is 0 Å². The van der Waals surface area contributed by atoms with Gasteiger partial charge in [-0.3, -0.25) is 9.88 Å². The van der Waals surface area contributed by atoms with Gasteiger partial charge in [-0.1, -0.05) is 6.07 Å². The lowest BCUT2D eigenvalue weighted by molar-refractivity contribution is 0.0358. The van der Waals surface area contributed by atoms with Gasteiger partial charge >= 0.3 is 0 Å². The van der Waals surface area contributed by atoms with Gasteiger partial charge in [0.05, 0.1) is 13.2 Å². The third kappa shape index (κ3) is 5.99. The molecule has 27 heavy (non-hydrogen) atoms. The molecule has 1 N–H and O–H groups in total. The van der Waals surface area contributed by atoms with Gasteiger partial charge in [0.1, 0.15) is 0 Å². The molecule has 0 unspecified atom stereocenters. The third-order valence-corrected chi connectivity index (χ3v) is 5.32. The van der Waals surface area contributed by atoms with Crippen molar-refractivity contribution in [3.05, 3.63) is 59.4 Å². The fourth-order valence-electron chi connectivity index (χ4n) is 3.07. The summed E-state index contributed by atoms with van der Waals surface area (Å²) in [5, 5.41) is 4.17. The molecule has 2 heterocycles. The number of benzene rings is 1. The summed E-state index contributed by atoms with van der Waals surface area (Å²) in [6.07, 6.45) is 3.66. The van der Waals surface area contributed by atoms with E-state index in [1.165, 1.54) is 16.7 Å². The molecule has 0 amide bonds. The third-order valence-electron chi connectivity index (χ3n) is 4.96. The maximum absolute atomic E-state index is 5.76. The lowest BCUT2D eigenvalue weighted by Gasteiger charge is -2.31. The summed E-state index contributed by atoms with van der Waals surface area (Å²) in [5.74, 6) is 0. The molecule has 0 bridgehead atoms. The predicted octanol–water partition coefficient (Wildman–Crippen LogP) is 3.23. The van der Waals surface area contributed by atoms with Crippen LogP contribution in [0.3, 0.4) is 0 Å². The number of ether oxygens (including phenoxy) is 1. The number of anilines is 1. The van der Waals surface area contributed by atoms with Crippen LogP contribution in [0.25, 0.3) is 0 Å². The molecule has 3 rings (SSSR count). The molecule has 6 heteroatoms. The Morgan fingerprint density at radius 2 is 1.89 bits per heavy atom. The summed E-state index contributed by atoms with van der Waals surface area (Å²) in [5.41, 5.74) is 4.79. The Morgan fingerprint density at radius 1 is 1.15 bits per heavy atom. The molecule has 0 spiro atoms. The Balaban J connectivity index is 1.66. The summed E-state index contributed by atoms with van der Waals surface area (Å²) in [6, 6.07) is 10.4. The van der Waals surface area contributed by atoms with E-state index in [1.807, 2.05) is 24.5 Å². The molecule has 1 saturated heterocycles. The number of aryl methyl sites for hydroxylation is 2. The fourth-order valence-corrected chi connectivity index (χ4v) is 3.34. The molecular weight excluding hydrogens is 356 g/mol. The molecule has 0 saturated carbocycles. The van der Waals surface area contributed by atoms with Gasteiger partial charge in [-0.25, -0.2) is 0 Å². The molecule has 1 aliphatic heterocycles. The number of hydrogen-bond acceptors (Lipinski definition) is 4. The van der Waals surface area contributed by atoms with E-state index in [-0.39, 0.29) is 0 Å². The second-order valence-electron chi connectivity index (χ2n) is 6.96. The van der Waals surface area contributed by atoms with Crippen molar-refractivity contribution in [2.75, 3.05) is 44.7 Å². The van der Waals surface area contributed by atoms with Crippen molar-refractivity contribution in [1.82, 2.24) is 14.8 Å². The largest absolute Gasteiger partial charge is 0.379 e. The Hall–Kier alpha value is -2.02. The SMILES string of the molecule is Cc1ccc(NC(=S)N(CCN2CCOCC2)Cc2ccncc2)cc1C. The second kappa shape index (κ2) is 9.78. The molecule has 144 valence electrons. The van der Waals surface area contributed by atoms with Crippen LogP contribution >= 0.6 is 12.2 Å². The Kier molecular flexibility index (Phi) is 7.15. The minimum Gasteiger partial charge on any atom is -0.379 e. The van der Waals surface area contributed by atoms with Gasteiger partial charge in [-0.05, 0) is 67.0 Å². The molecule has 0 atom stereocenters. The molecule has 0 radical (unpaired) electrons. The average molecular weight is 385 g/mol. The lowest BCUT2D eigenvalue weighted by atomic mass is 10.1. The zero-order valence-electron chi connectivity index (χ0n) is 16.1. The second-order valence-corrected chi connectivity index (χ2v) is 7.35. The van der Waals surface area contributed by atoms with Crippen LogP contribution in [0, 0.1) is 13.8 Å². The highest BCUT2D eigenvalue weighted by molar-refractivity contribution is 7.80. The van der Waals surface area contributed by atoms with Crippen LogP contribution in [0.15, 0.2) is 42.7 Å². The zero-order chi connectivity index (χ0) is 19.1. The zero-order valence-corrected chi connectivity index (χ0v) is 17.0. The van der Waals surface area contributed by atoms with Crippen LogP contribution in [0.2, 0.25) is 0 Å². The van der Waals surface area contributed by atoms with Crippen molar-refractivity contribution in [3.63, 3.8) is 0 Å². The van der Waals surface area contributed by atoms with Crippen LogP contribution in [0.4, 0.5) is 5.69 Å². The highest BCUT2D eigenvalue weighted by Crippen LogP contribution is 2.15. The topological polar surface area (TPSA) is 40.6 Å². The monoisotopic (exact) mass is 384 g/mol. The van der Waals surface area contributed by atoms with Gasteiger partial charge in [-0.15, -0.1) is 0 Å². The number of nitrogens with zero attached hydrogens (tertiary/aromatic N) is 3. The Morgan fingerprint density at radius 3 is 2.59 bits per heavy atom. The van der Waals surface area contributed by atoms with Crippen molar-refractivity contribution < 1.29 is 4.74 Å². The molecular formula is C21H28N4OS. The summed E-state index contributed by atoms with van der Waals surface area (Å²) < 4.78 is 5.45. The van der Waals surface area contributed by atoms with Crippen LogP contribution in [-0.4, -0.2) is 59.3 Å². The van der Waals surface area contributed by atoms with E-state index in [1.54, 1.807) is 0 Å². The number of pyridine rings is 1. The van der Waals surface area contributed by atoms with E-state index in [0.717, 1.165) is 56.7 Å². The first-order valence-corrected chi connectivity index (χ1v) is 9.85. The van der Waals surface area contributed by atoms with Crippen molar-refractivity contribution in [1.29, 1.82) is 0 Å². The van der Waals surface area contributed by atoms with Gasteiger partial charge < -0.3 is 15.0 Å². The molecule has 5 nitrogen and oxygen atoms in total. The standard InChI is InChI=1S/C21H28N4OS/c1-17-3-4-20(15-18(17)2)23-21(27)25(16-19-5-7-22-8-6-19)10-9-24-11-13-26-14-12-24/h3-8,15H,9-14,16H2,1-2H3,(H,23,27). The number of rotatable bonds is 6. The van der Waals surface area contributed by atoms with Crippen LogP contribution < -0.4 is 5.32 Å². The van der Waals surface area contributed by atoms with Crippen molar-refractivity contribution in [2.24, 2.45) is 0 Å². The minimum absolute atomic E-state index is 0.753. The van der Waals surface area contributed by atoms with Crippen molar-refractivity contribution in [3.8, 4) is 0 Å². The van der Waals surface area contributed by atoms with Crippen LogP contribution in [0.1, 0.15) is 16.7 Å². The number of thiocarbonyl (C=S) groups is 1. The first-order valence-electron chi connectivity index (χ1n) is 9.44. The average Bonchev–Trinajstić information content (AvgIpc) is 2.69. The smallest absolute Gasteiger partial charge is 0.173 e. The van der Waals surface area contributed by atoms with Gasteiger partial charge in [-0.2, -0.15) is 0 Å². The van der Waals surface area contributed by atoms with Crippen LogP contribution in [0.5, 0.6) is 0 Å². The minimum atomic E-state index is 0.753. The van der Waals surface area contributed by atoms with Gasteiger partial charge in [0.25, 0.3) is 0 Å². The normalized spacial score (nSPS) is 14.7. The van der Waals surface area contributed by atoms with E-state index in [2.05, 4.69) is 52.1 Å². The molecule has 1 aliphatic rings. The number of nitrogens with one attached hydrogen (secondary N) is 1. The van der Waals surface area contributed by atoms with E-state index >= 15 is 0 Å². The van der Waals surface area contributed by atoms with E-state index in [0.29, 0.717) is 0 Å². The van der Waals surface area contributed by atoms with Crippen LogP contribution in [-0.2, 0) is 11.3 Å². The maximum Gasteiger partial charge on any atom is 0.173 e. The lowest BCUT2D eigenvalue weighted by Crippen LogP contribution is -2.43. The molecule has 0 aliphatic carbocycles. The van der Waals surface area contributed by atoms with E-state index in [4.69, 9.17) is 17.0 Å². The van der Waals surface area contributed by atoms with E-state index in [9.17, 15) is 0 Å². The summed E-state index contributed by atoms with van der Waals surface area (Å²) in [4.78, 5) is 8.78.